The summed E-state index contributed by atoms with van der Waals surface area (Å²) in [6, 6.07) is 14.1. The van der Waals surface area contributed by atoms with E-state index in [0.717, 1.165) is 35.5 Å². The molecule has 5 heteroatoms. The highest BCUT2D eigenvalue weighted by atomic mass is 16.5. The molecule has 4 rings (SSSR count). The Morgan fingerprint density at radius 1 is 1.08 bits per heavy atom. The van der Waals surface area contributed by atoms with Gasteiger partial charge in [0, 0.05) is 20.0 Å². The zero-order valence-electron chi connectivity index (χ0n) is 15.1. The van der Waals surface area contributed by atoms with Gasteiger partial charge in [0.1, 0.15) is 5.75 Å². The van der Waals surface area contributed by atoms with Gasteiger partial charge in [-0.2, -0.15) is 0 Å². The van der Waals surface area contributed by atoms with Gasteiger partial charge in [-0.3, -0.25) is 9.69 Å². The number of rotatable bonds is 3. The van der Waals surface area contributed by atoms with Crippen LogP contribution in [-0.4, -0.2) is 41.9 Å². The quantitative estimate of drug-likeness (QED) is 0.853. The lowest BCUT2D eigenvalue weighted by atomic mass is 10.0. The third kappa shape index (κ3) is 2.94. The Kier molecular flexibility index (Phi) is 4.15. The van der Waals surface area contributed by atoms with Gasteiger partial charge in [-0.25, -0.2) is 4.79 Å². The van der Waals surface area contributed by atoms with E-state index in [9.17, 15) is 9.59 Å². The molecule has 5 nitrogen and oxygen atoms in total. The first kappa shape index (κ1) is 16.6. The van der Waals surface area contributed by atoms with Crippen LogP contribution in [0.4, 0.5) is 4.79 Å². The Labute approximate surface area is 153 Å². The molecule has 0 saturated carbocycles. The summed E-state index contributed by atoms with van der Waals surface area (Å²) in [5.41, 5.74) is 4.46. The maximum atomic E-state index is 12.3. The molecule has 134 valence electrons. The van der Waals surface area contributed by atoms with Gasteiger partial charge in [-0.1, -0.05) is 37.3 Å². The fourth-order valence-corrected chi connectivity index (χ4v) is 3.63. The van der Waals surface area contributed by atoms with E-state index in [0.29, 0.717) is 13.1 Å². The van der Waals surface area contributed by atoms with Gasteiger partial charge in [0.25, 0.3) is 0 Å². The number of benzene rings is 2. The highest BCUT2D eigenvalue weighted by Crippen LogP contribution is 2.30. The van der Waals surface area contributed by atoms with Crippen LogP contribution in [0.5, 0.6) is 5.75 Å². The van der Waals surface area contributed by atoms with Crippen molar-refractivity contribution in [1.82, 2.24) is 9.80 Å². The molecular weight excluding hydrogens is 328 g/mol. The third-order valence-electron chi connectivity index (χ3n) is 5.11. The SMILES string of the molecule is C[C@@H]1CN(C)C(=O)N(Cc2ccc(-c3ccc4c(c3)CCO4)cc2)C1=O. The van der Waals surface area contributed by atoms with Crippen molar-refractivity contribution in [2.45, 2.75) is 19.9 Å². The van der Waals surface area contributed by atoms with Crippen LogP contribution in [0.3, 0.4) is 0 Å². The van der Waals surface area contributed by atoms with Crippen LogP contribution in [0.25, 0.3) is 11.1 Å². The van der Waals surface area contributed by atoms with Gasteiger partial charge in [0.05, 0.1) is 19.1 Å². The molecule has 2 aliphatic heterocycles. The van der Waals surface area contributed by atoms with Gasteiger partial charge in [0.15, 0.2) is 0 Å². The molecule has 0 aliphatic carbocycles. The number of fused-ring (bicyclic) bond motifs is 1. The van der Waals surface area contributed by atoms with Gasteiger partial charge in [-0.15, -0.1) is 0 Å². The lowest BCUT2D eigenvalue weighted by Crippen LogP contribution is -2.54. The van der Waals surface area contributed by atoms with Crippen molar-refractivity contribution in [3.8, 4) is 16.9 Å². The summed E-state index contributed by atoms with van der Waals surface area (Å²) in [5.74, 6) is 0.715. The lowest BCUT2D eigenvalue weighted by Gasteiger charge is -2.35. The normalized spacial score (nSPS) is 19.5. The molecular formula is C21H22N2O3. The van der Waals surface area contributed by atoms with Crippen molar-refractivity contribution < 1.29 is 14.3 Å². The van der Waals surface area contributed by atoms with E-state index in [4.69, 9.17) is 4.74 Å². The average molecular weight is 350 g/mol. The summed E-state index contributed by atoms with van der Waals surface area (Å²) in [7, 11) is 1.74. The highest BCUT2D eigenvalue weighted by Gasteiger charge is 2.34. The van der Waals surface area contributed by atoms with E-state index in [1.807, 2.05) is 37.3 Å². The summed E-state index contributed by atoms with van der Waals surface area (Å²) in [5, 5.41) is 0. The monoisotopic (exact) mass is 350 g/mol. The highest BCUT2D eigenvalue weighted by molar-refractivity contribution is 5.97. The predicted molar refractivity (Wildman–Crippen MR) is 98.8 cm³/mol. The number of nitrogens with zero attached hydrogens (tertiary/aromatic N) is 2. The summed E-state index contributed by atoms with van der Waals surface area (Å²) in [6.45, 7) is 3.40. The molecule has 0 radical (unpaired) electrons. The summed E-state index contributed by atoms with van der Waals surface area (Å²) < 4.78 is 5.56. The first-order chi connectivity index (χ1) is 12.5. The molecule has 26 heavy (non-hydrogen) atoms. The molecule has 0 spiro atoms. The maximum Gasteiger partial charge on any atom is 0.326 e. The first-order valence-electron chi connectivity index (χ1n) is 8.94. The zero-order valence-corrected chi connectivity index (χ0v) is 15.1. The minimum Gasteiger partial charge on any atom is -0.493 e. The van der Waals surface area contributed by atoms with Crippen molar-refractivity contribution in [2.75, 3.05) is 20.2 Å². The number of hydrogen-bond acceptors (Lipinski definition) is 3. The first-order valence-corrected chi connectivity index (χ1v) is 8.94. The van der Waals surface area contributed by atoms with Crippen molar-refractivity contribution in [3.05, 3.63) is 53.6 Å². The molecule has 3 amide bonds. The molecule has 0 N–H and O–H groups in total. The number of hydrogen-bond donors (Lipinski definition) is 0. The smallest absolute Gasteiger partial charge is 0.326 e. The van der Waals surface area contributed by atoms with Gasteiger partial charge in [-0.05, 0) is 34.4 Å². The second kappa shape index (κ2) is 6.48. The number of imide groups is 1. The summed E-state index contributed by atoms with van der Waals surface area (Å²) >= 11 is 0. The average Bonchev–Trinajstić information content (AvgIpc) is 3.12. The molecule has 1 atom stereocenters. The van der Waals surface area contributed by atoms with E-state index in [2.05, 4.69) is 12.1 Å². The number of carbonyl (C=O) groups is 2. The standard InChI is InChI=1S/C21H22N2O3/c1-14-12-22(2)21(25)23(20(14)24)13-15-3-5-16(6-4-15)17-7-8-19-18(11-17)9-10-26-19/h3-8,11,14H,9-10,12-13H2,1-2H3/t14-/m1/s1. The van der Waals surface area contributed by atoms with E-state index < -0.39 is 0 Å². The van der Waals surface area contributed by atoms with Crippen molar-refractivity contribution in [3.63, 3.8) is 0 Å². The number of ether oxygens (including phenoxy) is 1. The molecule has 2 aromatic carbocycles. The van der Waals surface area contributed by atoms with Gasteiger partial charge in [0.2, 0.25) is 5.91 Å². The minimum absolute atomic E-state index is 0.101. The predicted octanol–water partition coefficient (Wildman–Crippen LogP) is 3.32. The fraction of sp³-hybridized carbons (Fsp3) is 0.333. The second-order valence-corrected chi connectivity index (χ2v) is 7.11. The van der Waals surface area contributed by atoms with Crippen LogP contribution in [0.15, 0.2) is 42.5 Å². The van der Waals surface area contributed by atoms with Crippen molar-refractivity contribution >= 4 is 11.9 Å². The number of urea groups is 1. The zero-order chi connectivity index (χ0) is 18.3. The minimum atomic E-state index is -0.226. The largest absolute Gasteiger partial charge is 0.493 e. The number of carbonyl (C=O) groups excluding carboxylic acids is 2. The fourth-order valence-electron chi connectivity index (χ4n) is 3.63. The maximum absolute atomic E-state index is 12.3. The van der Waals surface area contributed by atoms with Crippen LogP contribution in [0, 0.1) is 5.92 Å². The molecule has 0 bridgehead atoms. The molecule has 2 heterocycles. The van der Waals surface area contributed by atoms with E-state index in [1.165, 1.54) is 10.5 Å². The van der Waals surface area contributed by atoms with Crippen LogP contribution in [-0.2, 0) is 17.8 Å². The Bertz CT molecular complexity index is 840. The van der Waals surface area contributed by atoms with E-state index in [1.54, 1.807) is 11.9 Å². The van der Waals surface area contributed by atoms with Crippen LogP contribution >= 0.6 is 0 Å². The Morgan fingerprint density at radius 2 is 1.81 bits per heavy atom. The van der Waals surface area contributed by atoms with Crippen LogP contribution < -0.4 is 4.74 Å². The van der Waals surface area contributed by atoms with E-state index in [-0.39, 0.29) is 17.9 Å². The Hall–Kier alpha value is -2.82. The molecule has 1 saturated heterocycles. The topological polar surface area (TPSA) is 49.9 Å². The van der Waals surface area contributed by atoms with Gasteiger partial charge >= 0.3 is 6.03 Å². The third-order valence-corrected chi connectivity index (χ3v) is 5.11. The molecule has 0 aromatic heterocycles. The summed E-state index contributed by atoms with van der Waals surface area (Å²) in [6.07, 6.45) is 0.951. The molecule has 2 aliphatic rings. The molecule has 0 unspecified atom stereocenters. The second-order valence-electron chi connectivity index (χ2n) is 7.11. The van der Waals surface area contributed by atoms with Crippen molar-refractivity contribution in [1.29, 1.82) is 0 Å². The Balaban J connectivity index is 1.53. The van der Waals surface area contributed by atoms with E-state index >= 15 is 0 Å². The molecule has 2 aromatic rings. The molecule has 1 fully saturated rings. The van der Waals surface area contributed by atoms with Crippen LogP contribution in [0.2, 0.25) is 0 Å². The lowest BCUT2D eigenvalue weighted by molar-refractivity contribution is -0.135. The van der Waals surface area contributed by atoms with Crippen LogP contribution in [0.1, 0.15) is 18.1 Å². The van der Waals surface area contributed by atoms with Gasteiger partial charge < -0.3 is 9.64 Å². The Morgan fingerprint density at radius 3 is 2.58 bits per heavy atom. The summed E-state index contributed by atoms with van der Waals surface area (Å²) in [4.78, 5) is 27.6. The number of amides is 3. The van der Waals surface area contributed by atoms with Crippen molar-refractivity contribution in [2.24, 2.45) is 5.92 Å².